The van der Waals surface area contributed by atoms with E-state index in [1.54, 1.807) is 18.0 Å². The first-order chi connectivity index (χ1) is 10.2. The van der Waals surface area contributed by atoms with Gasteiger partial charge in [-0.1, -0.05) is 48.0 Å². The van der Waals surface area contributed by atoms with Gasteiger partial charge in [0.2, 0.25) is 0 Å². The van der Waals surface area contributed by atoms with E-state index in [2.05, 4.69) is 4.98 Å². The molecule has 0 radical (unpaired) electrons. The van der Waals surface area contributed by atoms with Crippen molar-refractivity contribution in [1.82, 2.24) is 4.98 Å². The normalized spacial score (nSPS) is 10.6. The fourth-order valence-electron chi connectivity index (χ4n) is 2.27. The van der Waals surface area contributed by atoms with Crippen LogP contribution in [0.15, 0.2) is 60.7 Å². The molecule has 0 spiro atoms. The molecule has 0 aliphatic heterocycles. The van der Waals surface area contributed by atoms with Crippen LogP contribution in [-0.2, 0) is 0 Å². The lowest BCUT2D eigenvalue weighted by Crippen LogP contribution is -2.26. The molecule has 0 atom stereocenters. The van der Waals surface area contributed by atoms with Crippen LogP contribution in [0, 0.1) is 0 Å². The number of hydrogen-bond donors (Lipinski definition) is 0. The Morgan fingerprint density at radius 3 is 2.48 bits per heavy atom. The molecule has 3 nitrogen and oxygen atoms in total. The number of anilines is 1. The molecule has 0 aliphatic carbocycles. The Morgan fingerprint density at radius 1 is 1.05 bits per heavy atom. The summed E-state index contributed by atoms with van der Waals surface area (Å²) in [6, 6.07) is 18.6. The summed E-state index contributed by atoms with van der Waals surface area (Å²) in [5.74, 6) is -0.110. The quantitative estimate of drug-likeness (QED) is 0.665. The zero-order valence-electron chi connectivity index (χ0n) is 11.5. The highest BCUT2D eigenvalue weighted by atomic mass is 35.5. The van der Waals surface area contributed by atoms with E-state index in [0.717, 1.165) is 16.6 Å². The van der Waals surface area contributed by atoms with Crippen molar-refractivity contribution < 1.29 is 4.79 Å². The molecule has 0 saturated carbocycles. The van der Waals surface area contributed by atoms with Crippen molar-refractivity contribution >= 4 is 34.1 Å². The van der Waals surface area contributed by atoms with Crippen LogP contribution in [0.25, 0.3) is 10.9 Å². The summed E-state index contributed by atoms with van der Waals surface area (Å²) in [5, 5.41) is 1.12. The van der Waals surface area contributed by atoms with Gasteiger partial charge in [-0.25, -0.2) is 4.98 Å². The fourth-order valence-corrected chi connectivity index (χ4v) is 2.47. The average molecular weight is 297 g/mol. The Balaban J connectivity index is 2.10. The van der Waals surface area contributed by atoms with E-state index in [1.807, 2.05) is 54.6 Å². The minimum absolute atomic E-state index is 0.110. The zero-order valence-corrected chi connectivity index (χ0v) is 12.2. The van der Waals surface area contributed by atoms with Crippen molar-refractivity contribution in [2.45, 2.75) is 0 Å². The maximum Gasteiger partial charge on any atom is 0.258 e. The lowest BCUT2D eigenvalue weighted by molar-refractivity contribution is 0.0994. The first-order valence-electron chi connectivity index (χ1n) is 6.55. The van der Waals surface area contributed by atoms with E-state index in [-0.39, 0.29) is 5.91 Å². The molecule has 0 fully saturated rings. The largest absolute Gasteiger partial charge is 0.311 e. The molecule has 0 unspecified atom stereocenters. The second-order valence-corrected chi connectivity index (χ2v) is 5.10. The average Bonchev–Trinajstić information content (AvgIpc) is 2.53. The summed E-state index contributed by atoms with van der Waals surface area (Å²) < 4.78 is 0. The van der Waals surface area contributed by atoms with Gasteiger partial charge in [-0.15, -0.1) is 0 Å². The zero-order chi connectivity index (χ0) is 14.8. The summed E-state index contributed by atoms with van der Waals surface area (Å²) in [4.78, 5) is 18.6. The number of carbonyl (C=O) groups is 1. The monoisotopic (exact) mass is 296 g/mol. The third-order valence-corrected chi connectivity index (χ3v) is 3.56. The van der Waals surface area contributed by atoms with Gasteiger partial charge in [-0.2, -0.15) is 0 Å². The molecule has 2 aromatic carbocycles. The first kappa shape index (κ1) is 13.6. The molecular formula is C17H13ClN2O. The van der Waals surface area contributed by atoms with Crippen molar-refractivity contribution in [3.8, 4) is 0 Å². The second-order valence-electron chi connectivity index (χ2n) is 4.71. The lowest BCUT2D eigenvalue weighted by Gasteiger charge is -2.18. The van der Waals surface area contributed by atoms with Crippen molar-refractivity contribution in [3.63, 3.8) is 0 Å². The van der Waals surface area contributed by atoms with E-state index in [1.165, 1.54) is 0 Å². The van der Waals surface area contributed by atoms with Gasteiger partial charge >= 0.3 is 0 Å². The van der Waals surface area contributed by atoms with Gasteiger partial charge in [-0.05, 0) is 24.3 Å². The number of halogens is 1. The maximum absolute atomic E-state index is 12.8. The Hall–Kier alpha value is -2.39. The molecular weight excluding hydrogens is 284 g/mol. The van der Waals surface area contributed by atoms with Crippen LogP contribution >= 0.6 is 11.6 Å². The molecule has 0 saturated heterocycles. The number of fused-ring (bicyclic) bond motifs is 1. The van der Waals surface area contributed by atoms with E-state index in [4.69, 9.17) is 11.6 Å². The summed E-state index contributed by atoms with van der Waals surface area (Å²) in [5.41, 5.74) is 2.10. The van der Waals surface area contributed by atoms with Gasteiger partial charge < -0.3 is 4.90 Å². The highest BCUT2D eigenvalue weighted by Crippen LogP contribution is 2.23. The van der Waals surface area contributed by atoms with Crippen molar-refractivity contribution in [2.24, 2.45) is 0 Å². The number of benzene rings is 2. The highest BCUT2D eigenvalue weighted by Gasteiger charge is 2.17. The van der Waals surface area contributed by atoms with Gasteiger partial charge in [0.05, 0.1) is 11.1 Å². The molecule has 1 heterocycles. The van der Waals surface area contributed by atoms with Crippen molar-refractivity contribution in [3.05, 3.63) is 71.4 Å². The first-order valence-corrected chi connectivity index (χ1v) is 6.93. The fraction of sp³-hybridized carbons (Fsp3) is 0.0588. The van der Waals surface area contributed by atoms with Crippen LogP contribution in [0.2, 0.25) is 5.15 Å². The third-order valence-electron chi connectivity index (χ3n) is 3.36. The second kappa shape index (κ2) is 5.54. The number of carbonyl (C=O) groups excluding carboxylic acids is 1. The minimum Gasteiger partial charge on any atom is -0.311 e. The number of pyridine rings is 1. The molecule has 0 bridgehead atoms. The number of amides is 1. The Labute approximate surface area is 127 Å². The summed E-state index contributed by atoms with van der Waals surface area (Å²) in [7, 11) is 1.75. The maximum atomic E-state index is 12.8. The summed E-state index contributed by atoms with van der Waals surface area (Å²) in [6.45, 7) is 0. The van der Waals surface area contributed by atoms with Gasteiger partial charge in [0.15, 0.2) is 0 Å². The van der Waals surface area contributed by atoms with Crippen LogP contribution in [0.1, 0.15) is 10.4 Å². The smallest absolute Gasteiger partial charge is 0.258 e. The van der Waals surface area contributed by atoms with E-state index in [9.17, 15) is 4.79 Å². The van der Waals surface area contributed by atoms with Gasteiger partial charge in [0.25, 0.3) is 5.91 Å². The van der Waals surface area contributed by atoms with Crippen LogP contribution in [0.5, 0.6) is 0 Å². The number of nitrogens with zero attached hydrogens (tertiary/aromatic N) is 2. The standard InChI is InChI=1S/C17H13ClN2O/c1-20(12-7-3-2-4-8-12)17(21)14-11-16(18)19-15-10-6-5-9-13(14)15/h2-11H,1H3. The molecule has 3 aromatic rings. The van der Waals surface area contributed by atoms with E-state index >= 15 is 0 Å². The van der Waals surface area contributed by atoms with E-state index < -0.39 is 0 Å². The Kier molecular flexibility index (Phi) is 3.59. The molecule has 3 rings (SSSR count). The highest BCUT2D eigenvalue weighted by molar-refractivity contribution is 6.30. The molecule has 0 N–H and O–H groups in total. The number of aromatic nitrogens is 1. The van der Waals surface area contributed by atoms with Crippen LogP contribution in [0.3, 0.4) is 0 Å². The van der Waals surface area contributed by atoms with Gasteiger partial charge in [-0.3, -0.25) is 4.79 Å². The predicted octanol–water partition coefficient (Wildman–Crippen LogP) is 4.16. The van der Waals surface area contributed by atoms with E-state index in [0.29, 0.717) is 10.7 Å². The number of hydrogen-bond acceptors (Lipinski definition) is 2. The van der Waals surface area contributed by atoms with Crippen LogP contribution in [0.4, 0.5) is 5.69 Å². The SMILES string of the molecule is CN(C(=O)c1cc(Cl)nc2ccccc12)c1ccccc1. The molecule has 1 aromatic heterocycles. The predicted molar refractivity (Wildman–Crippen MR) is 85.9 cm³/mol. The molecule has 4 heteroatoms. The molecule has 0 aliphatic rings. The summed E-state index contributed by atoms with van der Waals surface area (Å²) in [6.07, 6.45) is 0. The number of para-hydroxylation sites is 2. The van der Waals surface area contributed by atoms with Gasteiger partial charge in [0.1, 0.15) is 5.15 Å². The third kappa shape index (κ3) is 2.60. The van der Waals surface area contributed by atoms with Crippen LogP contribution in [-0.4, -0.2) is 17.9 Å². The summed E-state index contributed by atoms with van der Waals surface area (Å²) >= 11 is 6.04. The number of rotatable bonds is 2. The topological polar surface area (TPSA) is 33.2 Å². The Bertz CT molecular complexity index is 802. The molecule has 1 amide bonds. The van der Waals surface area contributed by atoms with Gasteiger partial charge in [0, 0.05) is 18.1 Å². The van der Waals surface area contributed by atoms with Crippen LogP contribution < -0.4 is 4.90 Å². The Morgan fingerprint density at radius 2 is 1.71 bits per heavy atom. The van der Waals surface area contributed by atoms with Crippen molar-refractivity contribution in [1.29, 1.82) is 0 Å². The van der Waals surface area contributed by atoms with Crippen molar-refractivity contribution in [2.75, 3.05) is 11.9 Å². The minimum atomic E-state index is -0.110. The lowest BCUT2D eigenvalue weighted by atomic mass is 10.1. The molecule has 104 valence electrons. The molecule has 21 heavy (non-hydrogen) atoms.